The zero-order valence-corrected chi connectivity index (χ0v) is 23.7. The largest absolute Gasteiger partial charge is 0.336 e. The van der Waals surface area contributed by atoms with E-state index in [1.807, 2.05) is 6.92 Å². The molecule has 3 N–H and O–H groups in total. The van der Waals surface area contributed by atoms with Crippen molar-refractivity contribution < 1.29 is 12.8 Å². The van der Waals surface area contributed by atoms with Crippen molar-refractivity contribution in [2.75, 3.05) is 4.72 Å². The maximum absolute atomic E-state index is 14.7. The number of H-pyrrole nitrogens is 2. The van der Waals surface area contributed by atoms with Crippen LogP contribution in [-0.4, -0.2) is 27.9 Å². The van der Waals surface area contributed by atoms with Gasteiger partial charge in [-0.05, 0) is 53.6 Å². The molecule has 0 amide bonds. The van der Waals surface area contributed by atoms with Crippen LogP contribution in [0.3, 0.4) is 0 Å². The normalized spacial score (nSPS) is 12.6. The second-order valence-electron chi connectivity index (χ2n) is 9.22. The molecule has 0 aliphatic carbocycles. The lowest BCUT2D eigenvalue weighted by molar-refractivity contribution is 0.598. The van der Waals surface area contributed by atoms with Gasteiger partial charge in [0.15, 0.2) is 9.86 Å². The van der Waals surface area contributed by atoms with Gasteiger partial charge in [0.25, 0.3) is 15.6 Å². The molecule has 0 aliphatic rings. The molecule has 1 atom stereocenters. The summed E-state index contributed by atoms with van der Waals surface area (Å²) in [6, 6.07) is 14.5. The van der Waals surface area contributed by atoms with Crippen LogP contribution in [-0.2, 0) is 23.0 Å². The molecule has 0 saturated carbocycles. The fourth-order valence-corrected chi connectivity index (χ4v) is 7.21. The fourth-order valence-electron chi connectivity index (χ4n) is 4.46. The number of sulfonamides is 1. The van der Waals surface area contributed by atoms with Crippen molar-refractivity contribution >= 4 is 49.8 Å². The number of benzene rings is 2. The topological polar surface area (TPSA) is 130 Å². The van der Waals surface area contributed by atoms with Crippen LogP contribution < -0.4 is 16.0 Å². The number of anilines is 1. The van der Waals surface area contributed by atoms with Crippen molar-refractivity contribution in [3.05, 3.63) is 109 Å². The second kappa shape index (κ2) is 11.4. The zero-order valence-electron chi connectivity index (χ0n) is 21.3. The number of aryl methyl sites for hydroxylation is 1. The third kappa shape index (κ3) is 5.60. The van der Waals surface area contributed by atoms with Crippen LogP contribution >= 0.6 is 22.9 Å². The molecule has 0 spiro atoms. The Kier molecular flexibility index (Phi) is 7.92. The predicted octanol–water partition coefficient (Wildman–Crippen LogP) is 5.24. The number of aromatic amines is 2. The summed E-state index contributed by atoms with van der Waals surface area (Å²) in [7, 11) is -3.88. The van der Waals surface area contributed by atoms with E-state index in [0.717, 1.165) is 24.2 Å². The molecule has 208 valence electrons. The van der Waals surface area contributed by atoms with Crippen LogP contribution in [0.5, 0.6) is 0 Å². The Balaban J connectivity index is 1.56. The van der Waals surface area contributed by atoms with Gasteiger partial charge in [-0.15, -0.1) is 11.3 Å². The number of hydrogen-bond acceptors (Lipinski definition) is 6. The Bertz CT molecular complexity index is 1890. The van der Waals surface area contributed by atoms with Crippen LogP contribution in [0.25, 0.3) is 11.2 Å². The van der Waals surface area contributed by atoms with Crippen LogP contribution in [0.4, 0.5) is 10.1 Å². The summed E-state index contributed by atoms with van der Waals surface area (Å²) in [4.78, 5) is 35.2. The molecular formula is C27H25ClFN5O4S2. The van der Waals surface area contributed by atoms with Crippen molar-refractivity contribution in [1.29, 1.82) is 0 Å². The molecular weight excluding hydrogens is 577 g/mol. The van der Waals surface area contributed by atoms with Gasteiger partial charge in [0, 0.05) is 18.2 Å². The fraction of sp³-hybridized carbons (Fsp3) is 0.222. The van der Waals surface area contributed by atoms with Crippen molar-refractivity contribution in [2.45, 2.75) is 42.9 Å². The van der Waals surface area contributed by atoms with E-state index in [2.05, 4.69) is 19.7 Å². The van der Waals surface area contributed by atoms with Gasteiger partial charge < -0.3 is 4.98 Å². The first-order chi connectivity index (χ1) is 19.2. The number of fused-ring (bicyclic) bond motifs is 1. The third-order valence-electron chi connectivity index (χ3n) is 6.49. The van der Waals surface area contributed by atoms with Gasteiger partial charge >= 0.3 is 5.69 Å². The number of unbranched alkanes of at least 4 members (excludes halogenated alkanes) is 1. The molecule has 3 aromatic heterocycles. The first kappa shape index (κ1) is 27.8. The van der Waals surface area contributed by atoms with Crippen molar-refractivity contribution in [3.8, 4) is 0 Å². The SMILES string of the molecule is CCCCn1c(=O)[nH]c(=O)c2[nH]c(C(Cc3ccccc3F)c3ccc(NS(=O)(=O)c4sccc4Cl)cc3)nc21. The van der Waals surface area contributed by atoms with E-state index in [1.165, 1.54) is 16.7 Å². The van der Waals surface area contributed by atoms with Crippen LogP contribution in [0.15, 0.2) is 73.8 Å². The Morgan fingerprint density at radius 1 is 1.10 bits per heavy atom. The van der Waals surface area contributed by atoms with Gasteiger partial charge in [-0.25, -0.2) is 22.6 Å². The summed E-state index contributed by atoms with van der Waals surface area (Å²) in [5.74, 6) is -0.562. The highest BCUT2D eigenvalue weighted by Crippen LogP contribution is 2.32. The van der Waals surface area contributed by atoms with Crippen LogP contribution in [0.1, 0.15) is 42.6 Å². The molecule has 13 heteroatoms. The smallest absolute Gasteiger partial charge is 0.330 e. The molecule has 0 aliphatic heterocycles. The Hall–Kier alpha value is -3.74. The minimum absolute atomic E-state index is 0.0114. The number of imidazole rings is 1. The third-order valence-corrected chi connectivity index (χ3v) is 9.90. The highest BCUT2D eigenvalue weighted by atomic mass is 35.5. The van der Waals surface area contributed by atoms with Crippen molar-refractivity contribution in [1.82, 2.24) is 19.5 Å². The molecule has 1 unspecified atom stereocenters. The Labute approximate surface area is 237 Å². The van der Waals surface area contributed by atoms with Gasteiger partial charge in [0.05, 0.1) is 5.02 Å². The van der Waals surface area contributed by atoms with Crippen LogP contribution in [0.2, 0.25) is 5.02 Å². The Morgan fingerprint density at radius 2 is 1.85 bits per heavy atom. The van der Waals surface area contributed by atoms with Gasteiger partial charge in [-0.2, -0.15) is 0 Å². The van der Waals surface area contributed by atoms with Crippen molar-refractivity contribution in [2.24, 2.45) is 0 Å². The maximum atomic E-state index is 14.7. The van der Waals surface area contributed by atoms with Gasteiger partial charge in [0.2, 0.25) is 0 Å². The molecule has 0 saturated heterocycles. The predicted molar refractivity (Wildman–Crippen MR) is 154 cm³/mol. The molecule has 3 heterocycles. The maximum Gasteiger partial charge on any atom is 0.330 e. The molecule has 5 aromatic rings. The van der Waals surface area contributed by atoms with E-state index >= 15 is 0 Å². The van der Waals surface area contributed by atoms with E-state index in [0.29, 0.717) is 29.2 Å². The molecule has 0 fully saturated rings. The number of rotatable bonds is 10. The first-order valence-electron chi connectivity index (χ1n) is 12.5. The monoisotopic (exact) mass is 601 g/mol. The molecule has 40 heavy (non-hydrogen) atoms. The van der Waals surface area contributed by atoms with Crippen LogP contribution in [0, 0.1) is 5.82 Å². The van der Waals surface area contributed by atoms with E-state index in [1.54, 1.807) is 47.8 Å². The number of nitrogens with zero attached hydrogens (tertiary/aromatic N) is 2. The summed E-state index contributed by atoms with van der Waals surface area (Å²) < 4.78 is 44.2. The van der Waals surface area contributed by atoms with Crippen molar-refractivity contribution in [3.63, 3.8) is 0 Å². The average Bonchev–Trinajstić information content (AvgIpc) is 3.56. The average molecular weight is 602 g/mol. The van der Waals surface area contributed by atoms with Gasteiger partial charge in [-0.1, -0.05) is 55.3 Å². The number of hydrogen-bond donors (Lipinski definition) is 3. The van der Waals surface area contributed by atoms with E-state index in [4.69, 9.17) is 11.6 Å². The molecule has 0 radical (unpaired) electrons. The van der Waals surface area contributed by atoms with Gasteiger partial charge in [-0.3, -0.25) is 19.1 Å². The number of halogens is 2. The number of nitrogens with one attached hydrogen (secondary N) is 3. The Morgan fingerprint density at radius 3 is 2.52 bits per heavy atom. The summed E-state index contributed by atoms with van der Waals surface area (Å²) in [5, 5.41) is 1.73. The number of aromatic nitrogens is 4. The summed E-state index contributed by atoms with van der Waals surface area (Å²) in [5.41, 5.74) is 0.688. The highest BCUT2D eigenvalue weighted by molar-refractivity contribution is 7.94. The highest BCUT2D eigenvalue weighted by Gasteiger charge is 2.24. The van der Waals surface area contributed by atoms with E-state index in [-0.39, 0.29) is 26.8 Å². The lowest BCUT2D eigenvalue weighted by Gasteiger charge is -2.17. The van der Waals surface area contributed by atoms with E-state index in [9.17, 15) is 22.4 Å². The van der Waals surface area contributed by atoms with E-state index < -0.39 is 33.0 Å². The minimum atomic E-state index is -3.88. The first-order valence-corrected chi connectivity index (χ1v) is 15.2. The van der Waals surface area contributed by atoms with Gasteiger partial charge in [0.1, 0.15) is 17.2 Å². The lowest BCUT2D eigenvalue weighted by atomic mass is 9.91. The molecule has 5 rings (SSSR count). The quantitative estimate of drug-likeness (QED) is 0.201. The summed E-state index contributed by atoms with van der Waals surface area (Å²) >= 11 is 7.02. The molecule has 9 nitrogen and oxygen atoms in total. The minimum Gasteiger partial charge on any atom is -0.336 e. The zero-order chi connectivity index (χ0) is 28.4. The summed E-state index contributed by atoms with van der Waals surface area (Å²) in [6.45, 7) is 2.38. The molecule has 2 aromatic carbocycles. The number of thiophene rings is 1. The second-order valence-corrected chi connectivity index (χ2v) is 12.4. The standard InChI is InChI=1S/C27H25ClFN5O4S2/c1-2-3-13-34-24-22(25(35)32-27(34)36)30-23(31-24)19(15-17-6-4-5-7-21(17)29)16-8-10-18(11-9-16)33-40(37,38)26-20(28)12-14-39-26/h4-12,14,19,33H,2-3,13,15H2,1H3,(H,30,31)(H,32,35,36). The molecule has 0 bridgehead atoms. The summed E-state index contributed by atoms with van der Waals surface area (Å²) in [6.07, 6.45) is 1.75. The lowest BCUT2D eigenvalue weighted by Crippen LogP contribution is -2.30.